The summed E-state index contributed by atoms with van der Waals surface area (Å²) in [6.07, 6.45) is 3.62. The molecule has 7 heteroatoms. The molecule has 6 nitrogen and oxygen atoms in total. The molecule has 2 atom stereocenters. The molecule has 0 unspecified atom stereocenters. The van der Waals surface area contributed by atoms with Crippen LogP contribution in [0.3, 0.4) is 0 Å². The molecule has 0 amide bonds. The summed E-state index contributed by atoms with van der Waals surface area (Å²) in [5, 5.41) is 4.24. The third-order valence-electron chi connectivity index (χ3n) is 5.57. The van der Waals surface area contributed by atoms with Crippen LogP contribution in [-0.2, 0) is 0 Å². The van der Waals surface area contributed by atoms with E-state index in [-0.39, 0.29) is 5.54 Å². The van der Waals surface area contributed by atoms with Crippen LogP contribution in [0.1, 0.15) is 19.3 Å². The van der Waals surface area contributed by atoms with E-state index in [1.54, 1.807) is 6.20 Å². The number of ether oxygens (including phenoxy) is 2. The van der Waals surface area contributed by atoms with Gasteiger partial charge in [-0.2, -0.15) is 0 Å². The first kappa shape index (κ1) is 15.1. The summed E-state index contributed by atoms with van der Waals surface area (Å²) in [4.78, 5) is 11.2. The molecule has 0 saturated carbocycles. The third-order valence-corrected chi connectivity index (χ3v) is 5.57. The molecule has 132 valence electrons. The van der Waals surface area contributed by atoms with Gasteiger partial charge in [0.15, 0.2) is 0 Å². The number of fused-ring (bicyclic) bond motifs is 1. The van der Waals surface area contributed by atoms with Crippen LogP contribution in [0.25, 0.3) is 10.9 Å². The molecule has 2 saturated heterocycles. The van der Waals surface area contributed by atoms with Gasteiger partial charge < -0.3 is 14.8 Å². The van der Waals surface area contributed by atoms with Gasteiger partial charge in [0, 0.05) is 31.8 Å². The number of anilines is 1. The summed E-state index contributed by atoms with van der Waals surface area (Å²) in [6.45, 7) is 3.25. The molecular formula is C18H21FN4O2. The van der Waals surface area contributed by atoms with Crippen molar-refractivity contribution >= 4 is 16.6 Å². The van der Waals surface area contributed by atoms with Crippen LogP contribution >= 0.6 is 0 Å². The lowest BCUT2D eigenvalue weighted by Gasteiger charge is -2.31. The highest BCUT2D eigenvalue weighted by atomic mass is 19.1. The quantitative estimate of drug-likeness (QED) is 0.923. The number of alkyl halides is 1. The zero-order valence-corrected chi connectivity index (χ0v) is 14.0. The topological polar surface area (TPSA) is 59.5 Å². The fraction of sp³-hybridized carbons (Fsp3) is 0.556. The minimum Gasteiger partial charge on any atom is -0.476 e. The molecule has 0 aliphatic carbocycles. The maximum atomic E-state index is 13.9. The number of aromatic nitrogens is 2. The molecule has 3 aliphatic rings. The van der Waals surface area contributed by atoms with Crippen molar-refractivity contribution in [3.8, 4) is 11.8 Å². The van der Waals surface area contributed by atoms with Crippen LogP contribution in [0.5, 0.6) is 11.8 Å². The van der Waals surface area contributed by atoms with Crippen molar-refractivity contribution in [2.45, 2.75) is 31.0 Å². The summed E-state index contributed by atoms with van der Waals surface area (Å²) in [5.74, 6) is 1.17. The van der Waals surface area contributed by atoms with E-state index in [2.05, 4.69) is 20.2 Å². The second kappa shape index (κ2) is 5.69. The Kier molecular flexibility index (Phi) is 3.45. The van der Waals surface area contributed by atoms with Crippen molar-refractivity contribution in [1.82, 2.24) is 14.9 Å². The number of pyridine rings is 2. The fourth-order valence-electron chi connectivity index (χ4n) is 4.44. The van der Waals surface area contributed by atoms with Gasteiger partial charge in [-0.15, -0.1) is 0 Å². The summed E-state index contributed by atoms with van der Waals surface area (Å²) < 4.78 is 25.6. The number of halogens is 1. The molecule has 2 aromatic rings. The number of hydrogen-bond donors (Lipinski definition) is 1. The Morgan fingerprint density at radius 3 is 3.40 bits per heavy atom. The van der Waals surface area contributed by atoms with E-state index in [0.717, 1.165) is 36.0 Å². The average molecular weight is 344 g/mol. The molecule has 0 aromatic carbocycles. The lowest BCUT2D eigenvalue weighted by molar-refractivity contribution is 0.111. The summed E-state index contributed by atoms with van der Waals surface area (Å²) in [5.41, 5.74) is 1.56. The Labute approximate surface area is 145 Å². The molecule has 2 fully saturated rings. The molecule has 5 rings (SSSR count). The van der Waals surface area contributed by atoms with Crippen LogP contribution in [0, 0.1) is 0 Å². The molecule has 2 aromatic heterocycles. The lowest BCUT2D eigenvalue weighted by atomic mass is 9.95. The van der Waals surface area contributed by atoms with E-state index < -0.39 is 6.17 Å². The van der Waals surface area contributed by atoms with Gasteiger partial charge in [-0.1, -0.05) is 0 Å². The van der Waals surface area contributed by atoms with E-state index in [1.165, 1.54) is 0 Å². The molecule has 0 spiro atoms. The van der Waals surface area contributed by atoms with Gasteiger partial charge in [0.25, 0.3) is 0 Å². The van der Waals surface area contributed by atoms with E-state index in [1.807, 2.05) is 12.1 Å². The van der Waals surface area contributed by atoms with Crippen LogP contribution in [-0.4, -0.2) is 59.4 Å². The lowest BCUT2D eigenvalue weighted by Crippen LogP contribution is -2.43. The zero-order chi connectivity index (χ0) is 16.9. The highest BCUT2D eigenvalue weighted by Gasteiger charge is 2.49. The average Bonchev–Trinajstić information content (AvgIpc) is 3.03. The van der Waals surface area contributed by atoms with E-state index >= 15 is 0 Å². The van der Waals surface area contributed by atoms with Crippen molar-refractivity contribution in [3.63, 3.8) is 0 Å². The minimum absolute atomic E-state index is 0.163. The number of nitrogens with one attached hydrogen (secondary N) is 1. The summed E-state index contributed by atoms with van der Waals surface area (Å²) >= 11 is 0. The number of nitrogens with zero attached hydrogens (tertiary/aromatic N) is 3. The highest BCUT2D eigenvalue weighted by molar-refractivity contribution is 5.96. The first-order chi connectivity index (χ1) is 12.2. The van der Waals surface area contributed by atoms with E-state index in [9.17, 15) is 4.39 Å². The van der Waals surface area contributed by atoms with Crippen molar-refractivity contribution in [2.24, 2.45) is 0 Å². The largest absolute Gasteiger partial charge is 0.476 e. The van der Waals surface area contributed by atoms with E-state index in [0.29, 0.717) is 44.5 Å². The Hall–Kier alpha value is -2.15. The van der Waals surface area contributed by atoms with Crippen molar-refractivity contribution < 1.29 is 13.9 Å². The first-order valence-corrected chi connectivity index (χ1v) is 8.92. The maximum Gasteiger partial charge on any atom is 0.225 e. The van der Waals surface area contributed by atoms with Gasteiger partial charge in [0.1, 0.15) is 19.4 Å². The predicted molar refractivity (Wildman–Crippen MR) is 92.1 cm³/mol. The Morgan fingerprint density at radius 1 is 1.48 bits per heavy atom. The normalized spacial score (nSPS) is 28.3. The van der Waals surface area contributed by atoms with Gasteiger partial charge in [0.05, 0.1) is 22.1 Å². The van der Waals surface area contributed by atoms with Crippen LogP contribution in [0.15, 0.2) is 18.3 Å². The summed E-state index contributed by atoms with van der Waals surface area (Å²) in [6, 6.07) is 3.76. The van der Waals surface area contributed by atoms with Crippen LogP contribution < -0.4 is 14.8 Å². The fourth-order valence-corrected chi connectivity index (χ4v) is 4.44. The third kappa shape index (κ3) is 2.49. The molecular weight excluding hydrogens is 323 g/mol. The SMILES string of the molecule is F[C@H]1CN2CCC[C@@]2(COc2cc3c4c(nccc4n2)OCCN3)C1. The zero-order valence-electron chi connectivity index (χ0n) is 14.0. The maximum absolute atomic E-state index is 13.9. The van der Waals surface area contributed by atoms with Gasteiger partial charge in [-0.3, -0.25) is 4.90 Å². The van der Waals surface area contributed by atoms with Crippen molar-refractivity contribution in [1.29, 1.82) is 0 Å². The summed E-state index contributed by atoms with van der Waals surface area (Å²) in [7, 11) is 0. The smallest absolute Gasteiger partial charge is 0.225 e. The van der Waals surface area contributed by atoms with Gasteiger partial charge in [-0.05, 0) is 25.5 Å². The predicted octanol–water partition coefficient (Wildman–Crippen LogP) is 2.39. The minimum atomic E-state index is -0.745. The number of hydrogen-bond acceptors (Lipinski definition) is 6. The number of rotatable bonds is 3. The van der Waals surface area contributed by atoms with E-state index in [4.69, 9.17) is 9.47 Å². The molecule has 25 heavy (non-hydrogen) atoms. The Bertz CT molecular complexity index is 817. The standard InChI is InChI=1S/C18H21FN4O2/c19-12-9-18(3-1-6-23(18)10-12)11-25-15-8-14-16-13(22-15)2-4-21-17(16)24-7-5-20-14/h2,4,8,12,20H,1,3,5-7,9-11H2/t12-,18+/m1/s1. The van der Waals surface area contributed by atoms with Crippen molar-refractivity contribution in [2.75, 3.05) is 38.2 Å². The molecule has 3 aliphatic heterocycles. The van der Waals surface area contributed by atoms with Crippen LogP contribution in [0.2, 0.25) is 0 Å². The molecule has 1 N–H and O–H groups in total. The van der Waals surface area contributed by atoms with Gasteiger partial charge in [0.2, 0.25) is 11.8 Å². The van der Waals surface area contributed by atoms with Crippen molar-refractivity contribution in [3.05, 3.63) is 18.3 Å². The van der Waals surface area contributed by atoms with Crippen LogP contribution in [0.4, 0.5) is 10.1 Å². The molecule has 0 bridgehead atoms. The highest BCUT2D eigenvalue weighted by Crippen LogP contribution is 2.41. The molecule has 5 heterocycles. The second-order valence-electron chi connectivity index (χ2n) is 7.16. The van der Waals surface area contributed by atoms with Gasteiger partial charge in [-0.25, -0.2) is 14.4 Å². The first-order valence-electron chi connectivity index (χ1n) is 8.92. The second-order valence-corrected chi connectivity index (χ2v) is 7.16. The Balaban J connectivity index is 1.45. The van der Waals surface area contributed by atoms with Gasteiger partial charge >= 0.3 is 0 Å². The molecule has 0 radical (unpaired) electrons. The monoisotopic (exact) mass is 344 g/mol. The Morgan fingerprint density at radius 2 is 2.44 bits per heavy atom.